The van der Waals surface area contributed by atoms with E-state index < -0.39 is 0 Å². The van der Waals surface area contributed by atoms with E-state index >= 15 is 0 Å². The van der Waals surface area contributed by atoms with Gasteiger partial charge in [-0.3, -0.25) is 0 Å². The third-order valence-corrected chi connectivity index (χ3v) is 2.60. The van der Waals surface area contributed by atoms with Crippen LogP contribution in [0, 0.1) is 0 Å². The lowest BCUT2D eigenvalue weighted by molar-refractivity contribution is 0.581. The SMILES string of the molecule is CC(N)c1csc(-c2ccco2)n1. The van der Waals surface area contributed by atoms with E-state index in [1.54, 1.807) is 17.6 Å². The quantitative estimate of drug-likeness (QED) is 0.798. The van der Waals surface area contributed by atoms with E-state index in [2.05, 4.69) is 4.98 Å². The Labute approximate surface area is 80.2 Å². The highest BCUT2D eigenvalue weighted by molar-refractivity contribution is 7.13. The minimum absolute atomic E-state index is 0.0139. The molecule has 0 radical (unpaired) electrons. The summed E-state index contributed by atoms with van der Waals surface area (Å²) < 4.78 is 5.22. The van der Waals surface area contributed by atoms with Crippen molar-refractivity contribution in [3.8, 4) is 10.8 Å². The summed E-state index contributed by atoms with van der Waals surface area (Å²) in [5.41, 5.74) is 6.61. The molecule has 0 fully saturated rings. The fourth-order valence-corrected chi connectivity index (χ4v) is 1.90. The van der Waals surface area contributed by atoms with Crippen molar-refractivity contribution >= 4 is 11.3 Å². The monoisotopic (exact) mass is 194 g/mol. The lowest BCUT2D eigenvalue weighted by atomic mass is 10.3. The summed E-state index contributed by atoms with van der Waals surface area (Å²) in [6.07, 6.45) is 1.64. The smallest absolute Gasteiger partial charge is 0.162 e. The van der Waals surface area contributed by atoms with Crippen molar-refractivity contribution in [2.24, 2.45) is 5.73 Å². The fraction of sp³-hybridized carbons (Fsp3) is 0.222. The van der Waals surface area contributed by atoms with Gasteiger partial charge in [0.25, 0.3) is 0 Å². The molecule has 0 aromatic carbocycles. The molecule has 1 atom stereocenters. The highest BCUT2D eigenvalue weighted by atomic mass is 32.1. The van der Waals surface area contributed by atoms with E-state index in [0.717, 1.165) is 16.5 Å². The van der Waals surface area contributed by atoms with Crippen molar-refractivity contribution in [2.45, 2.75) is 13.0 Å². The maximum absolute atomic E-state index is 5.69. The van der Waals surface area contributed by atoms with Gasteiger partial charge in [-0.2, -0.15) is 0 Å². The molecular formula is C9H10N2OS. The third kappa shape index (κ3) is 1.64. The molecule has 2 aromatic rings. The van der Waals surface area contributed by atoms with Crippen molar-refractivity contribution in [3.05, 3.63) is 29.5 Å². The van der Waals surface area contributed by atoms with E-state index in [0.29, 0.717) is 0 Å². The summed E-state index contributed by atoms with van der Waals surface area (Å²) >= 11 is 1.55. The van der Waals surface area contributed by atoms with Crippen LogP contribution < -0.4 is 5.73 Å². The maximum Gasteiger partial charge on any atom is 0.162 e. The standard InChI is InChI=1S/C9H10N2OS/c1-6(10)7-5-13-9(11-7)8-3-2-4-12-8/h2-6H,10H2,1H3. The van der Waals surface area contributed by atoms with Gasteiger partial charge in [0.15, 0.2) is 10.8 Å². The van der Waals surface area contributed by atoms with Crippen LogP contribution in [0.25, 0.3) is 10.8 Å². The number of hydrogen-bond acceptors (Lipinski definition) is 4. The van der Waals surface area contributed by atoms with Crippen molar-refractivity contribution < 1.29 is 4.42 Å². The largest absolute Gasteiger partial charge is 0.462 e. The number of nitrogens with two attached hydrogens (primary N) is 1. The Morgan fingerprint density at radius 1 is 1.62 bits per heavy atom. The van der Waals surface area contributed by atoms with Crippen LogP contribution in [-0.2, 0) is 0 Å². The topological polar surface area (TPSA) is 52.0 Å². The molecule has 0 spiro atoms. The van der Waals surface area contributed by atoms with Crippen LogP contribution in [0.2, 0.25) is 0 Å². The minimum Gasteiger partial charge on any atom is -0.462 e. The van der Waals surface area contributed by atoms with Gasteiger partial charge in [-0.25, -0.2) is 4.98 Å². The lowest BCUT2D eigenvalue weighted by Gasteiger charge is -1.96. The Kier molecular flexibility index (Phi) is 2.16. The van der Waals surface area contributed by atoms with Crippen molar-refractivity contribution in [1.82, 2.24) is 4.98 Å². The highest BCUT2D eigenvalue weighted by Crippen LogP contribution is 2.25. The number of hydrogen-bond donors (Lipinski definition) is 1. The van der Waals surface area contributed by atoms with Crippen LogP contribution in [0.4, 0.5) is 0 Å². The molecule has 2 N–H and O–H groups in total. The number of thiazole rings is 1. The molecule has 0 bridgehead atoms. The summed E-state index contributed by atoms with van der Waals surface area (Å²) in [6, 6.07) is 3.73. The highest BCUT2D eigenvalue weighted by Gasteiger charge is 2.08. The van der Waals surface area contributed by atoms with Gasteiger partial charge in [0.05, 0.1) is 12.0 Å². The summed E-state index contributed by atoms with van der Waals surface area (Å²) in [6.45, 7) is 1.92. The molecule has 0 aliphatic rings. The van der Waals surface area contributed by atoms with Gasteiger partial charge in [0.1, 0.15) is 0 Å². The summed E-state index contributed by atoms with van der Waals surface area (Å²) in [5.74, 6) is 0.803. The number of furan rings is 1. The van der Waals surface area contributed by atoms with Crippen molar-refractivity contribution in [2.75, 3.05) is 0 Å². The molecular weight excluding hydrogens is 184 g/mol. The Balaban J connectivity index is 2.33. The van der Waals surface area contributed by atoms with Gasteiger partial charge in [0.2, 0.25) is 0 Å². The zero-order valence-electron chi connectivity index (χ0n) is 7.23. The zero-order chi connectivity index (χ0) is 9.26. The van der Waals surface area contributed by atoms with E-state index in [4.69, 9.17) is 10.2 Å². The van der Waals surface area contributed by atoms with E-state index in [-0.39, 0.29) is 6.04 Å². The van der Waals surface area contributed by atoms with Crippen LogP contribution in [0.3, 0.4) is 0 Å². The van der Waals surface area contributed by atoms with Gasteiger partial charge in [0, 0.05) is 11.4 Å². The molecule has 2 rings (SSSR count). The third-order valence-electron chi connectivity index (χ3n) is 1.72. The summed E-state index contributed by atoms with van der Waals surface area (Å²) in [5, 5.41) is 2.85. The van der Waals surface area contributed by atoms with Gasteiger partial charge in [-0.1, -0.05) is 0 Å². The molecule has 3 nitrogen and oxygen atoms in total. The Morgan fingerprint density at radius 2 is 2.46 bits per heavy atom. The molecule has 2 aromatic heterocycles. The maximum atomic E-state index is 5.69. The average molecular weight is 194 g/mol. The fourth-order valence-electron chi connectivity index (χ4n) is 1.01. The van der Waals surface area contributed by atoms with Gasteiger partial charge >= 0.3 is 0 Å². The number of rotatable bonds is 2. The number of aromatic nitrogens is 1. The van der Waals surface area contributed by atoms with Crippen LogP contribution in [-0.4, -0.2) is 4.98 Å². The first kappa shape index (κ1) is 8.47. The molecule has 0 amide bonds. The lowest BCUT2D eigenvalue weighted by Crippen LogP contribution is -2.04. The van der Waals surface area contributed by atoms with E-state index in [9.17, 15) is 0 Å². The first-order chi connectivity index (χ1) is 6.27. The Bertz CT molecular complexity index is 378. The predicted molar refractivity (Wildman–Crippen MR) is 52.4 cm³/mol. The van der Waals surface area contributed by atoms with Crippen molar-refractivity contribution in [1.29, 1.82) is 0 Å². The summed E-state index contributed by atoms with van der Waals surface area (Å²) in [7, 11) is 0. The van der Waals surface area contributed by atoms with Crippen LogP contribution in [0.1, 0.15) is 18.7 Å². The van der Waals surface area contributed by atoms with Gasteiger partial charge in [-0.05, 0) is 19.1 Å². The van der Waals surface area contributed by atoms with Gasteiger partial charge in [-0.15, -0.1) is 11.3 Å². The average Bonchev–Trinajstić information content (AvgIpc) is 2.75. The number of nitrogens with zero attached hydrogens (tertiary/aromatic N) is 1. The molecule has 4 heteroatoms. The first-order valence-corrected chi connectivity index (χ1v) is 4.90. The van der Waals surface area contributed by atoms with Crippen LogP contribution in [0.15, 0.2) is 28.2 Å². The van der Waals surface area contributed by atoms with Crippen molar-refractivity contribution in [3.63, 3.8) is 0 Å². The molecule has 0 saturated carbocycles. The second kappa shape index (κ2) is 3.32. The van der Waals surface area contributed by atoms with Crippen LogP contribution >= 0.6 is 11.3 Å². The molecule has 2 heterocycles. The predicted octanol–water partition coefficient (Wildman–Crippen LogP) is 2.42. The van der Waals surface area contributed by atoms with Crippen LogP contribution in [0.5, 0.6) is 0 Å². The minimum atomic E-state index is -0.0139. The zero-order valence-corrected chi connectivity index (χ0v) is 8.04. The molecule has 1 unspecified atom stereocenters. The molecule has 0 aliphatic heterocycles. The van der Waals surface area contributed by atoms with Gasteiger partial charge < -0.3 is 10.2 Å². The molecule has 0 aliphatic carbocycles. The molecule has 0 saturated heterocycles. The second-order valence-electron chi connectivity index (χ2n) is 2.84. The van der Waals surface area contributed by atoms with E-state index in [1.165, 1.54) is 0 Å². The Hall–Kier alpha value is -1.13. The molecule has 68 valence electrons. The normalized spacial score (nSPS) is 13.1. The first-order valence-electron chi connectivity index (χ1n) is 4.02. The Morgan fingerprint density at radius 3 is 3.00 bits per heavy atom. The molecule has 13 heavy (non-hydrogen) atoms. The summed E-state index contributed by atoms with van der Waals surface area (Å²) in [4.78, 5) is 4.35. The second-order valence-corrected chi connectivity index (χ2v) is 3.70. The van der Waals surface area contributed by atoms with E-state index in [1.807, 2.05) is 24.4 Å².